The summed E-state index contributed by atoms with van der Waals surface area (Å²) in [5.41, 5.74) is 6.56. The zero-order valence-electron chi connectivity index (χ0n) is 7.69. The fraction of sp³-hybridized carbons (Fsp3) is 0.333. The predicted molar refractivity (Wildman–Crippen MR) is 52.2 cm³/mol. The first-order valence-corrected chi connectivity index (χ1v) is 5.86. The second-order valence-electron chi connectivity index (χ2n) is 3.13. The number of benzene rings is 1. The van der Waals surface area contributed by atoms with E-state index >= 15 is 0 Å². The van der Waals surface area contributed by atoms with Gasteiger partial charge in [-0.2, -0.15) is 0 Å². The summed E-state index contributed by atoms with van der Waals surface area (Å²) in [5.74, 6) is 0. The van der Waals surface area contributed by atoms with Crippen molar-refractivity contribution in [3.8, 4) is 0 Å². The first-order valence-electron chi connectivity index (χ1n) is 3.97. The van der Waals surface area contributed by atoms with Crippen LogP contribution in [0.1, 0.15) is 18.5 Å². The zero-order valence-corrected chi connectivity index (χ0v) is 8.51. The molecule has 13 heavy (non-hydrogen) atoms. The molecular weight excluding hydrogens is 186 g/mol. The highest BCUT2D eigenvalue weighted by molar-refractivity contribution is 7.90. The predicted octanol–water partition coefficient (Wildman–Crippen LogP) is 1.11. The Labute approximate surface area is 78.5 Å². The van der Waals surface area contributed by atoms with Crippen LogP contribution >= 0.6 is 0 Å². The van der Waals surface area contributed by atoms with Crippen molar-refractivity contribution < 1.29 is 8.42 Å². The average molecular weight is 199 g/mol. The van der Waals surface area contributed by atoms with Gasteiger partial charge in [0.15, 0.2) is 9.84 Å². The Kier molecular flexibility index (Phi) is 2.73. The zero-order chi connectivity index (χ0) is 10.1. The van der Waals surface area contributed by atoms with E-state index in [1.807, 2.05) is 6.92 Å². The Morgan fingerprint density at radius 3 is 2.00 bits per heavy atom. The molecule has 0 spiro atoms. The molecule has 0 aromatic heterocycles. The molecule has 3 nitrogen and oxygen atoms in total. The van der Waals surface area contributed by atoms with Crippen LogP contribution < -0.4 is 5.73 Å². The standard InChI is InChI=1S/C9H13NO2S/c1-7(10)8-3-5-9(6-4-8)13(2,11)12/h3-7H,10H2,1-2H3/t7-/m0/s1. The Hall–Kier alpha value is -0.870. The van der Waals surface area contributed by atoms with Gasteiger partial charge in [0.25, 0.3) is 0 Å². The molecule has 0 heterocycles. The fourth-order valence-electron chi connectivity index (χ4n) is 1.02. The van der Waals surface area contributed by atoms with Gasteiger partial charge in [-0.15, -0.1) is 0 Å². The summed E-state index contributed by atoms with van der Waals surface area (Å²) in [6.45, 7) is 1.86. The molecule has 0 saturated carbocycles. The first-order chi connectivity index (χ1) is 5.91. The SMILES string of the molecule is C[C@H](N)c1ccc(S(C)(=O)=O)cc1. The van der Waals surface area contributed by atoms with Crippen LogP contribution in [0.3, 0.4) is 0 Å². The number of rotatable bonds is 2. The van der Waals surface area contributed by atoms with E-state index in [-0.39, 0.29) is 6.04 Å². The van der Waals surface area contributed by atoms with Gasteiger partial charge in [0.05, 0.1) is 4.90 Å². The molecule has 0 radical (unpaired) electrons. The average Bonchev–Trinajstić information content (AvgIpc) is 2.03. The monoisotopic (exact) mass is 199 g/mol. The molecule has 72 valence electrons. The lowest BCUT2D eigenvalue weighted by molar-refractivity contribution is 0.602. The molecule has 0 aliphatic carbocycles. The normalized spacial score (nSPS) is 14.1. The summed E-state index contributed by atoms with van der Waals surface area (Å²) >= 11 is 0. The van der Waals surface area contributed by atoms with Crippen molar-refractivity contribution in [3.63, 3.8) is 0 Å². The Morgan fingerprint density at radius 1 is 1.23 bits per heavy atom. The quantitative estimate of drug-likeness (QED) is 0.776. The van der Waals surface area contributed by atoms with E-state index in [0.29, 0.717) is 4.90 Å². The van der Waals surface area contributed by atoms with Crippen molar-refractivity contribution in [1.29, 1.82) is 0 Å². The molecule has 0 bridgehead atoms. The molecular formula is C9H13NO2S. The van der Waals surface area contributed by atoms with E-state index < -0.39 is 9.84 Å². The van der Waals surface area contributed by atoms with E-state index in [2.05, 4.69) is 0 Å². The van der Waals surface area contributed by atoms with Crippen molar-refractivity contribution in [2.45, 2.75) is 17.9 Å². The summed E-state index contributed by atoms with van der Waals surface area (Å²) < 4.78 is 22.2. The molecule has 0 amide bonds. The van der Waals surface area contributed by atoms with Gasteiger partial charge in [0, 0.05) is 12.3 Å². The van der Waals surface area contributed by atoms with Crippen molar-refractivity contribution in [1.82, 2.24) is 0 Å². The van der Waals surface area contributed by atoms with E-state index in [4.69, 9.17) is 5.73 Å². The summed E-state index contributed by atoms with van der Waals surface area (Å²) in [4.78, 5) is 0.330. The summed E-state index contributed by atoms with van der Waals surface area (Å²) in [6.07, 6.45) is 1.19. The van der Waals surface area contributed by atoms with Gasteiger partial charge in [-0.05, 0) is 24.6 Å². The summed E-state index contributed by atoms with van der Waals surface area (Å²) in [6, 6.07) is 6.57. The van der Waals surface area contributed by atoms with Crippen LogP contribution in [0.2, 0.25) is 0 Å². The molecule has 1 rings (SSSR count). The lowest BCUT2D eigenvalue weighted by atomic mass is 10.1. The first kappa shape index (κ1) is 10.2. The van der Waals surface area contributed by atoms with Crippen molar-refractivity contribution in [2.75, 3.05) is 6.26 Å². The molecule has 0 aliphatic rings. The molecule has 1 aromatic carbocycles. The molecule has 0 fully saturated rings. The molecule has 0 saturated heterocycles. The molecule has 1 aromatic rings. The van der Waals surface area contributed by atoms with Crippen molar-refractivity contribution >= 4 is 9.84 Å². The molecule has 0 aliphatic heterocycles. The maximum Gasteiger partial charge on any atom is 0.175 e. The van der Waals surface area contributed by atoms with Crippen LogP contribution in [0.5, 0.6) is 0 Å². The Bertz CT molecular complexity index is 379. The van der Waals surface area contributed by atoms with Crippen LogP contribution in [0.15, 0.2) is 29.2 Å². The van der Waals surface area contributed by atoms with Gasteiger partial charge < -0.3 is 5.73 Å². The van der Waals surface area contributed by atoms with Crippen LogP contribution in [-0.4, -0.2) is 14.7 Å². The third-order valence-electron chi connectivity index (χ3n) is 1.83. The topological polar surface area (TPSA) is 60.2 Å². The van der Waals surface area contributed by atoms with Gasteiger partial charge in [-0.25, -0.2) is 8.42 Å². The van der Waals surface area contributed by atoms with E-state index in [1.54, 1.807) is 24.3 Å². The minimum absolute atomic E-state index is 0.0615. The molecule has 4 heteroatoms. The van der Waals surface area contributed by atoms with Crippen LogP contribution in [0, 0.1) is 0 Å². The van der Waals surface area contributed by atoms with Gasteiger partial charge in [0.1, 0.15) is 0 Å². The van der Waals surface area contributed by atoms with Gasteiger partial charge in [0.2, 0.25) is 0 Å². The number of sulfone groups is 1. The highest BCUT2D eigenvalue weighted by atomic mass is 32.2. The third-order valence-corrected chi connectivity index (χ3v) is 2.96. The van der Waals surface area contributed by atoms with Gasteiger partial charge in [-0.1, -0.05) is 12.1 Å². The number of nitrogens with two attached hydrogens (primary N) is 1. The van der Waals surface area contributed by atoms with Crippen LogP contribution in [0.4, 0.5) is 0 Å². The lowest BCUT2D eigenvalue weighted by Crippen LogP contribution is -2.05. The number of hydrogen-bond donors (Lipinski definition) is 1. The minimum atomic E-state index is -3.09. The summed E-state index contributed by atoms with van der Waals surface area (Å²) in [7, 11) is -3.09. The van der Waals surface area contributed by atoms with E-state index in [9.17, 15) is 8.42 Å². The van der Waals surface area contributed by atoms with Crippen molar-refractivity contribution in [3.05, 3.63) is 29.8 Å². The minimum Gasteiger partial charge on any atom is -0.324 e. The molecule has 2 N–H and O–H groups in total. The Balaban J connectivity index is 3.08. The Morgan fingerprint density at radius 2 is 1.69 bits per heavy atom. The highest BCUT2D eigenvalue weighted by Crippen LogP contribution is 2.13. The van der Waals surface area contributed by atoms with Gasteiger partial charge >= 0.3 is 0 Å². The molecule has 1 atom stereocenters. The summed E-state index contributed by atoms with van der Waals surface area (Å²) in [5, 5.41) is 0. The largest absolute Gasteiger partial charge is 0.324 e. The van der Waals surface area contributed by atoms with E-state index in [1.165, 1.54) is 6.26 Å². The van der Waals surface area contributed by atoms with Gasteiger partial charge in [-0.3, -0.25) is 0 Å². The smallest absolute Gasteiger partial charge is 0.175 e. The van der Waals surface area contributed by atoms with Crippen LogP contribution in [-0.2, 0) is 9.84 Å². The maximum absolute atomic E-state index is 11.1. The fourth-order valence-corrected chi connectivity index (χ4v) is 1.65. The molecule has 0 unspecified atom stereocenters. The van der Waals surface area contributed by atoms with E-state index in [0.717, 1.165) is 5.56 Å². The second-order valence-corrected chi connectivity index (χ2v) is 5.15. The lowest BCUT2D eigenvalue weighted by Gasteiger charge is -2.05. The third kappa shape index (κ3) is 2.54. The van der Waals surface area contributed by atoms with Crippen molar-refractivity contribution in [2.24, 2.45) is 5.73 Å². The second kappa shape index (κ2) is 3.47. The highest BCUT2D eigenvalue weighted by Gasteiger charge is 2.06. The number of hydrogen-bond acceptors (Lipinski definition) is 3. The van der Waals surface area contributed by atoms with Crippen LogP contribution in [0.25, 0.3) is 0 Å². The maximum atomic E-state index is 11.1.